The Bertz CT molecular complexity index is 1280. The number of ether oxygens (including phenoxy) is 2. The highest BCUT2D eigenvalue weighted by atomic mass is 16.5. The second-order valence-corrected chi connectivity index (χ2v) is 9.29. The molecule has 2 aliphatic heterocycles. The van der Waals surface area contributed by atoms with Crippen molar-refractivity contribution in [2.75, 3.05) is 56.2 Å². The van der Waals surface area contributed by atoms with Gasteiger partial charge in [-0.3, -0.25) is 4.79 Å². The Morgan fingerprint density at radius 1 is 1.16 bits per heavy atom. The maximum atomic E-state index is 11.6. The number of hydrogen-bond donors (Lipinski definition) is 1. The van der Waals surface area contributed by atoms with Crippen molar-refractivity contribution in [3.05, 3.63) is 60.3 Å². The zero-order valence-corrected chi connectivity index (χ0v) is 20.9. The van der Waals surface area contributed by atoms with Crippen molar-refractivity contribution in [3.63, 3.8) is 0 Å². The number of nitrogens with one attached hydrogen (secondary N) is 1. The van der Waals surface area contributed by atoms with Crippen LogP contribution in [0.2, 0.25) is 0 Å². The first-order chi connectivity index (χ1) is 18.1. The van der Waals surface area contributed by atoms with Gasteiger partial charge in [0, 0.05) is 62.2 Å². The van der Waals surface area contributed by atoms with Crippen LogP contribution < -0.4 is 15.0 Å². The smallest absolute Gasteiger partial charge is 0.227 e. The highest BCUT2D eigenvalue weighted by Crippen LogP contribution is 2.28. The summed E-state index contributed by atoms with van der Waals surface area (Å²) in [6.07, 6.45) is 2.61. The van der Waals surface area contributed by atoms with Crippen molar-refractivity contribution in [3.8, 4) is 23.1 Å². The summed E-state index contributed by atoms with van der Waals surface area (Å²) < 4.78 is 11.4. The van der Waals surface area contributed by atoms with Gasteiger partial charge >= 0.3 is 0 Å². The second kappa shape index (κ2) is 11.3. The van der Waals surface area contributed by atoms with Crippen LogP contribution in [0.3, 0.4) is 0 Å². The Balaban J connectivity index is 1.24. The normalized spacial score (nSPS) is 17.4. The monoisotopic (exact) mass is 498 g/mol. The van der Waals surface area contributed by atoms with E-state index >= 15 is 0 Å². The highest BCUT2D eigenvalue weighted by molar-refractivity contribution is 5.73. The number of rotatable bonds is 7. The quantitative estimate of drug-likeness (QED) is 0.524. The van der Waals surface area contributed by atoms with Crippen molar-refractivity contribution in [2.45, 2.75) is 13.3 Å². The minimum Gasteiger partial charge on any atom is -0.492 e. The first kappa shape index (κ1) is 24.5. The van der Waals surface area contributed by atoms with Gasteiger partial charge in [0.25, 0.3) is 0 Å². The molecule has 2 aromatic carbocycles. The minimum atomic E-state index is 0.0910. The van der Waals surface area contributed by atoms with Crippen LogP contribution in [0.5, 0.6) is 5.75 Å². The number of anilines is 3. The Kier molecular flexibility index (Phi) is 7.47. The molecule has 1 aromatic heterocycles. The fraction of sp³-hybridized carbons (Fsp3) is 0.357. The molecule has 5 rings (SSSR count). The number of carbonyl (C=O) groups is 1. The van der Waals surface area contributed by atoms with Gasteiger partial charge in [-0.05, 0) is 55.0 Å². The van der Waals surface area contributed by atoms with E-state index in [2.05, 4.69) is 38.4 Å². The van der Waals surface area contributed by atoms with Gasteiger partial charge in [0.15, 0.2) is 0 Å². The Morgan fingerprint density at radius 3 is 2.70 bits per heavy atom. The molecular weight excluding hydrogens is 468 g/mol. The first-order valence-electron chi connectivity index (χ1n) is 12.5. The molecule has 1 unspecified atom stereocenters. The summed E-state index contributed by atoms with van der Waals surface area (Å²) in [5.74, 6) is 1.38. The largest absolute Gasteiger partial charge is 0.492 e. The van der Waals surface area contributed by atoms with Gasteiger partial charge < -0.3 is 24.6 Å². The number of amides is 1. The van der Waals surface area contributed by atoms with Gasteiger partial charge in [0.1, 0.15) is 11.8 Å². The summed E-state index contributed by atoms with van der Waals surface area (Å²) in [4.78, 5) is 24.7. The number of nitrogens with zero attached hydrogens (tertiary/aromatic N) is 5. The molecule has 2 saturated heterocycles. The molecule has 0 spiro atoms. The number of hydrogen-bond acceptors (Lipinski definition) is 8. The third-order valence-corrected chi connectivity index (χ3v) is 6.76. The van der Waals surface area contributed by atoms with Crippen molar-refractivity contribution in [1.82, 2.24) is 14.9 Å². The van der Waals surface area contributed by atoms with Crippen LogP contribution in [-0.4, -0.2) is 66.8 Å². The summed E-state index contributed by atoms with van der Waals surface area (Å²) in [7, 11) is 0. The zero-order valence-electron chi connectivity index (χ0n) is 20.9. The predicted octanol–water partition coefficient (Wildman–Crippen LogP) is 3.84. The predicted molar refractivity (Wildman–Crippen MR) is 141 cm³/mol. The number of nitriles is 1. The Morgan fingerprint density at radius 2 is 1.97 bits per heavy atom. The molecule has 2 fully saturated rings. The number of morpholine rings is 1. The van der Waals surface area contributed by atoms with Crippen LogP contribution in [0.25, 0.3) is 11.3 Å². The van der Waals surface area contributed by atoms with E-state index in [9.17, 15) is 10.1 Å². The van der Waals surface area contributed by atoms with E-state index in [1.54, 1.807) is 19.2 Å². The highest BCUT2D eigenvalue weighted by Gasteiger charge is 2.25. The summed E-state index contributed by atoms with van der Waals surface area (Å²) in [5.41, 5.74) is 4.02. The molecule has 37 heavy (non-hydrogen) atoms. The van der Waals surface area contributed by atoms with E-state index in [0.717, 1.165) is 50.5 Å². The van der Waals surface area contributed by atoms with Gasteiger partial charge in [-0.15, -0.1) is 0 Å². The summed E-state index contributed by atoms with van der Waals surface area (Å²) in [6, 6.07) is 17.7. The molecule has 0 bridgehead atoms. The van der Waals surface area contributed by atoms with Crippen LogP contribution in [-0.2, 0) is 9.53 Å². The number of likely N-dealkylation sites (tertiary alicyclic amines) is 1. The molecule has 190 valence electrons. The molecule has 2 aliphatic rings. The lowest BCUT2D eigenvalue weighted by Crippen LogP contribution is -2.36. The molecule has 9 heteroatoms. The van der Waals surface area contributed by atoms with E-state index < -0.39 is 0 Å². The van der Waals surface area contributed by atoms with E-state index in [1.807, 2.05) is 35.2 Å². The standard InChI is InChI=1S/C28H30N6O3/c1-20(35)34-11-9-21(18-34)19-37-27-7-2-22(16-23(27)17-29)26-8-10-30-28(32-26)31-24-3-5-25(6-4-24)33-12-14-36-15-13-33/h2-8,10,16,21H,9,11-15,18-19H2,1H3,(H,30,31,32). The summed E-state index contributed by atoms with van der Waals surface area (Å²) in [5, 5.41) is 13.0. The van der Waals surface area contributed by atoms with E-state index in [-0.39, 0.29) is 11.8 Å². The fourth-order valence-electron chi connectivity index (χ4n) is 4.65. The van der Waals surface area contributed by atoms with Crippen molar-refractivity contribution >= 4 is 23.2 Å². The van der Waals surface area contributed by atoms with Gasteiger partial charge in [-0.1, -0.05) is 0 Å². The maximum Gasteiger partial charge on any atom is 0.227 e. The minimum absolute atomic E-state index is 0.0910. The molecule has 0 radical (unpaired) electrons. The number of aromatic nitrogens is 2. The average Bonchev–Trinajstić information content (AvgIpc) is 3.42. The molecular formula is C28H30N6O3. The van der Waals surface area contributed by atoms with Crippen LogP contribution in [0.15, 0.2) is 54.7 Å². The molecule has 3 heterocycles. The lowest BCUT2D eigenvalue weighted by molar-refractivity contribution is -0.127. The Labute approximate surface area is 216 Å². The first-order valence-corrected chi connectivity index (χ1v) is 12.5. The summed E-state index contributed by atoms with van der Waals surface area (Å²) >= 11 is 0. The van der Waals surface area contributed by atoms with Crippen molar-refractivity contribution < 1.29 is 14.3 Å². The molecule has 9 nitrogen and oxygen atoms in total. The maximum absolute atomic E-state index is 11.6. The topological polar surface area (TPSA) is 104 Å². The van der Waals surface area contributed by atoms with Crippen LogP contribution in [0.1, 0.15) is 18.9 Å². The lowest BCUT2D eigenvalue weighted by atomic mass is 10.1. The zero-order chi connectivity index (χ0) is 25.6. The van der Waals surface area contributed by atoms with Crippen LogP contribution >= 0.6 is 0 Å². The van der Waals surface area contributed by atoms with E-state index in [4.69, 9.17) is 9.47 Å². The molecule has 3 aromatic rings. The average molecular weight is 499 g/mol. The van der Waals surface area contributed by atoms with Gasteiger partial charge in [-0.2, -0.15) is 5.26 Å². The van der Waals surface area contributed by atoms with Gasteiger partial charge in [-0.25, -0.2) is 9.97 Å². The third kappa shape index (κ3) is 5.98. The van der Waals surface area contributed by atoms with Crippen LogP contribution in [0.4, 0.5) is 17.3 Å². The van der Waals surface area contributed by atoms with Gasteiger partial charge in [0.2, 0.25) is 11.9 Å². The molecule has 0 saturated carbocycles. The molecule has 1 amide bonds. The Hall–Kier alpha value is -4.16. The van der Waals surface area contributed by atoms with Crippen molar-refractivity contribution in [2.24, 2.45) is 5.92 Å². The van der Waals surface area contributed by atoms with Crippen molar-refractivity contribution in [1.29, 1.82) is 5.26 Å². The number of carbonyl (C=O) groups excluding carboxylic acids is 1. The van der Waals surface area contributed by atoms with Gasteiger partial charge in [0.05, 0.1) is 31.1 Å². The molecule has 1 atom stereocenters. The molecule has 1 N–H and O–H groups in total. The van der Waals surface area contributed by atoms with Crippen LogP contribution in [0, 0.1) is 17.2 Å². The fourth-order valence-corrected chi connectivity index (χ4v) is 4.65. The summed E-state index contributed by atoms with van der Waals surface area (Å²) in [6.45, 7) is 6.81. The third-order valence-electron chi connectivity index (χ3n) is 6.76. The van der Waals surface area contributed by atoms with E-state index in [0.29, 0.717) is 36.1 Å². The van der Waals surface area contributed by atoms with E-state index in [1.165, 1.54) is 5.69 Å². The second-order valence-electron chi connectivity index (χ2n) is 9.29. The SMILES string of the molecule is CC(=O)N1CCC(COc2ccc(-c3ccnc(Nc4ccc(N5CCOCC5)cc4)n3)cc2C#N)C1. The molecule has 0 aliphatic carbocycles. The number of benzene rings is 2. The lowest BCUT2D eigenvalue weighted by Gasteiger charge is -2.28.